The fourth-order valence-corrected chi connectivity index (χ4v) is 2.63. The highest BCUT2D eigenvalue weighted by molar-refractivity contribution is 5.91. The lowest BCUT2D eigenvalue weighted by Crippen LogP contribution is -2.47. The number of nitrogens with zero attached hydrogens (tertiary/aromatic N) is 2. The van der Waals surface area contributed by atoms with Gasteiger partial charge in [-0.1, -0.05) is 60.7 Å². The monoisotopic (exact) mass is 364 g/mol. The molecule has 0 aliphatic heterocycles. The topological polar surface area (TPSA) is 117 Å². The van der Waals surface area contributed by atoms with Gasteiger partial charge in [0.2, 0.25) is 5.82 Å². The van der Waals surface area contributed by atoms with E-state index in [1.54, 1.807) is 60.7 Å². The summed E-state index contributed by atoms with van der Waals surface area (Å²) in [5.74, 6) is -0.945. The van der Waals surface area contributed by atoms with E-state index in [-0.39, 0.29) is 11.5 Å². The molecule has 8 nitrogen and oxygen atoms in total. The number of carbonyl (C=O) groups excluding carboxylic acids is 1. The highest BCUT2D eigenvalue weighted by Crippen LogP contribution is 2.30. The van der Waals surface area contributed by atoms with Gasteiger partial charge in [0.05, 0.1) is 4.92 Å². The van der Waals surface area contributed by atoms with Crippen LogP contribution in [-0.2, 0) is 10.4 Å². The first-order chi connectivity index (χ1) is 13.0. The molecule has 0 fully saturated rings. The van der Waals surface area contributed by atoms with Crippen LogP contribution in [0.5, 0.6) is 0 Å². The number of rotatable bonds is 6. The first-order valence-electron chi connectivity index (χ1n) is 8.03. The summed E-state index contributed by atoms with van der Waals surface area (Å²) in [5.41, 5.74) is 3.15. The number of hydrogen-bond donors (Lipinski definition) is 3. The van der Waals surface area contributed by atoms with Crippen LogP contribution >= 0.6 is 0 Å². The van der Waals surface area contributed by atoms with Gasteiger partial charge < -0.3 is 5.11 Å². The van der Waals surface area contributed by atoms with Gasteiger partial charge in [-0.3, -0.25) is 25.8 Å². The van der Waals surface area contributed by atoms with Crippen LogP contribution in [0.25, 0.3) is 0 Å². The summed E-state index contributed by atoms with van der Waals surface area (Å²) in [6.45, 7) is 0. The lowest BCUT2D eigenvalue weighted by atomic mass is 9.85. The summed E-state index contributed by atoms with van der Waals surface area (Å²) in [6.07, 6.45) is 1.35. The number of amides is 1. The first kappa shape index (κ1) is 18.0. The van der Waals surface area contributed by atoms with E-state index in [0.717, 1.165) is 0 Å². The van der Waals surface area contributed by atoms with E-state index in [2.05, 4.69) is 15.8 Å². The molecule has 0 aliphatic rings. The van der Waals surface area contributed by atoms with Crippen molar-refractivity contribution in [2.45, 2.75) is 5.60 Å². The molecule has 1 aromatic heterocycles. The number of pyridine rings is 1. The van der Waals surface area contributed by atoms with Gasteiger partial charge >= 0.3 is 5.69 Å². The largest absolute Gasteiger partial charge is 0.372 e. The van der Waals surface area contributed by atoms with Crippen molar-refractivity contribution in [2.24, 2.45) is 0 Å². The lowest BCUT2D eigenvalue weighted by molar-refractivity contribution is -0.384. The molecule has 3 rings (SSSR count). The third-order valence-electron chi connectivity index (χ3n) is 3.99. The molecule has 3 N–H and O–H groups in total. The summed E-state index contributed by atoms with van der Waals surface area (Å²) >= 11 is 0. The highest BCUT2D eigenvalue weighted by atomic mass is 16.6. The normalized spacial score (nSPS) is 10.9. The first-order valence-corrected chi connectivity index (χ1v) is 8.03. The molecule has 8 heteroatoms. The lowest BCUT2D eigenvalue weighted by Gasteiger charge is -2.28. The SMILES string of the molecule is O=C(NNc1ncccc1[N+](=O)[O-])C(O)(c1ccccc1)c1ccccc1. The van der Waals surface area contributed by atoms with Crippen molar-refractivity contribution in [3.05, 3.63) is 100 Å². The second kappa shape index (κ2) is 7.63. The maximum atomic E-state index is 12.9. The number of benzene rings is 2. The second-order valence-electron chi connectivity index (χ2n) is 5.65. The van der Waals surface area contributed by atoms with Crippen LogP contribution in [0.4, 0.5) is 11.5 Å². The Morgan fingerprint density at radius 3 is 2.04 bits per heavy atom. The van der Waals surface area contributed by atoms with Crippen molar-refractivity contribution < 1.29 is 14.8 Å². The Morgan fingerprint density at radius 1 is 0.963 bits per heavy atom. The highest BCUT2D eigenvalue weighted by Gasteiger charge is 2.40. The predicted octanol–water partition coefficient (Wildman–Crippen LogP) is 2.37. The summed E-state index contributed by atoms with van der Waals surface area (Å²) < 4.78 is 0. The van der Waals surface area contributed by atoms with Crippen LogP contribution in [0.3, 0.4) is 0 Å². The molecule has 0 atom stereocenters. The number of hydrogen-bond acceptors (Lipinski definition) is 6. The van der Waals surface area contributed by atoms with Crippen LogP contribution in [0, 0.1) is 10.1 Å². The molecule has 0 unspecified atom stereocenters. The zero-order valence-electron chi connectivity index (χ0n) is 14.1. The maximum Gasteiger partial charge on any atom is 0.313 e. The number of nitro groups is 1. The van der Waals surface area contributed by atoms with Crippen molar-refractivity contribution in [3.63, 3.8) is 0 Å². The molecule has 1 heterocycles. The Morgan fingerprint density at radius 2 is 1.52 bits per heavy atom. The molecule has 1 amide bonds. The average molecular weight is 364 g/mol. The molecule has 136 valence electrons. The number of aliphatic hydroxyl groups is 1. The van der Waals surface area contributed by atoms with Crippen molar-refractivity contribution in [3.8, 4) is 0 Å². The summed E-state index contributed by atoms with van der Waals surface area (Å²) in [5, 5.41) is 22.3. The Hall–Kier alpha value is -3.78. The van der Waals surface area contributed by atoms with E-state index in [1.165, 1.54) is 18.3 Å². The molecule has 0 bridgehead atoms. The van der Waals surface area contributed by atoms with Crippen molar-refractivity contribution in [1.29, 1.82) is 0 Å². The quantitative estimate of drug-likeness (QED) is 0.457. The Bertz CT molecular complexity index is 909. The van der Waals surface area contributed by atoms with Crippen LogP contribution in [0.2, 0.25) is 0 Å². The van der Waals surface area contributed by atoms with Gasteiger partial charge in [0.15, 0.2) is 5.60 Å². The van der Waals surface area contributed by atoms with E-state index in [1.807, 2.05) is 0 Å². The van der Waals surface area contributed by atoms with Gasteiger partial charge in [0, 0.05) is 12.3 Å². The van der Waals surface area contributed by atoms with E-state index < -0.39 is 16.4 Å². The average Bonchev–Trinajstić information content (AvgIpc) is 2.72. The van der Waals surface area contributed by atoms with Gasteiger partial charge in [-0.05, 0) is 17.2 Å². The van der Waals surface area contributed by atoms with Gasteiger partial charge in [-0.2, -0.15) is 0 Å². The predicted molar refractivity (Wildman–Crippen MR) is 98.5 cm³/mol. The fraction of sp³-hybridized carbons (Fsp3) is 0.0526. The van der Waals surface area contributed by atoms with Crippen LogP contribution in [-0.4, -0.2) is 20.9 Å². The van der Waals surface area contributed by atoms with Gasteiger partial charge in [-0.15, -0.1) is 0 Å². The minimum absolute atomic E-state index is 0.140. The zero-order valence-corrected chi connectivity index (χ0v) is 14.1. The summed E-state index contributed by atoms with van der Waals surface area (Å²) in [6, 6.07) is 19.5. The smallest absolute Gasteiger partial charge is 0.313 e. The number of anilines is 1. The number of carbonyl (C=O) groups is 1. The van der Waals surface area contributed by atoms with Gasteiger partial charge in [-0.25, -0.2) is 4.98 Å². The molecular weight excluding hydrogens is 348 g/mol. The van der Waals surface area contributed by atoms with Crippen molar-refractivity contribution in [1.82, 2.24) is 10.4 Å². The van der Waals surface area contributed by atoms with E-state index in [4.69, 9.17) is 0 Å². The molecule has 0 saturated carbocycles. The van der Waals surface area contributed by atoms with Crippen molar-refractivity contribution >= 4 is 17.4 Å². The minimum atomic E-state index is -2.00. The Balaban J connectivity index is 1.93. The third-order valence-corrected chi connectivity index (χ3v) is 3.99. The summed E-state index contributed by atoms with van der Waals surface area (Å²) in [7, 11) is 0. The summed E-state index contributed by atoms with van der Waals surface area (Å²) in [4.78, 5) is 27.2. The van der Waals surface area contributed by atoms with E-state index in [0.29, 0.717) is 11.1 Å². The molecule has 2 aromatic carbocycles. The van der Waals surface area contributed by atoms with Crippen LogP contribution < -0.4 is 10.9 Å². The van der Waals surface area contributed by atoms with E-state index >= 15 is 0 Å². The maximum absolute atomic E-state index is 12.9. The molecule has 0 aliphatic carbocycles. The fourth-order valence-electron chi connectivity index (χ4n) is 2.63. The van der Waals surface area contributed by atoms with Crippen LogP contribution in [0.15, 0.2) is 79.0 Å². The van der Waals surface area contributed by atoms with Gasteiger partial charge in [0.25, 0.3) is 5.91 Å². The van der Waals surface area contributed by atoms with E-state index in [9.17, 15) is 20.0 Å². The Labute approximate surface area is 154 Å². The second-order valence-corrected chi connectivity index (χ2v) is 5.65. The molecular formula is C19H16N4O4. The molecule has 0 radical (unpaired) electrons. The molecule has 0 saturated heterocycles. The molecule has 3 aromatic rings. The number of aromatic nitrogens is 1. The number of hydrazine groups is 1. The van der Waals surface area contributed by atoms with Crippen LogP contribution in [0.1, 0.15) is 11.1 Å². The molecule has 27 heavy (non-hydrogen) atoms. The van der Waals surface area contributed by atoms with Crippen molar-refractivity contribution in [2.75, 3.05) is 5.43 Å². The standard InChI is InChI=1S/C19H16N4O4/c24-18(22-21-17-16(23(26)27)12-7-13-20-17)19(25,14-8-3-1-4-9-14)15-10-5-2-6-11-15/h1-13,25H,(H,20,21)(H,22,24). The van der Waals surface area contributed by atoms with Gasteiger partial charge in [0.1, 0.15) is 0 Å². The third kappa shape index (κ3) is 3.60. The minimum Gasteiger partial charge on any atom is -0.372 e. The Kier molecular flexibility index (Phi) is 5.09. The molecule has 0 spiro atoms. The number of nitrogens with one attached hydrogen (secondary N) is 2. The zero-order chi connectivity index (χ0) is 19.3.